The van der Waals surface area contributed by atoms with Gasteiger partial charge in [-0.1, -0.05) is 18.2 Å². The van der Waals surface area contributed by atoms with Gasteiger partial charge in [0, 0.05) is 35.8 Å². The van der Waals surface area contributed by atoms with Gasteiger partial charge in [0.1, 0.15) is 0 Å². The van der Waals surface area contributed by atoms with Gasteiger partial charge in [-0.25, -0.2) is 4.98 Å². The van der Waals surface area contributed by atoms with E-state index in [1.54, 1.807) is 7.11 Å². The molecular weight excluding hydrogens is 272 g/mol. The molecule has 2 heterocycles. The molecule has 0 spiro atoms. The molecule has 3 rings (SSSR count). The molecule has 0 N–H and O–H groups in total. The molecule has 3 nitrogen and oxygen atoms in total. The first-order chi connectivity index (χ1) is 10.7. The Hall–Kier alpha value is -2.68. The number of methoxy groups -OCH3 is 1. The van der Waals surface area contributed by atoms with Crippen molar-refractivity contribution in [2.75, 3.05) is 7.11 Å². The SMILES string of the molecule is COc1ccc(-c2ccc(-c3cnccc3C)c(C)c2)cn1. The summed E-state index contributed by atoms with van der Waals surface area (Å²) in [4.78, 5) is 8.50. The van der Waals surface area contributed by atoms with Gasteiger partial charge in [0.05, 0.1) is 7.11 Å². The Morgan fingerprint density at radius 1 is 0.818 bits per heavy atom. The molecule has 0 radical (unpaired) electrons. The molecule has 0 saturated carbocycles. The Bertz CT molecular complexity index is 795. The Morgan fingerprint density at radius 2 is 1.64 bits per heavy atom. The lowest BCUT2D eigenvalue weighted by atomic mass is 9.95. The lowest BCUT2D eigenvalue weighted by Crippen LogP contribution is -1.90. The van der Waals surface area contributed by atoms with Crippen LogP contribution >= 0.6 is 0 Å². The summed E-state index contributed by atoms with van der Waals surface area (Å²) in [6, 6.07) is 12.4. The minimum absolute atomic E-state index is 0.628. The fourth-order valence-corrected chi connectivity index (χ4v) is 2.56. The van der Waals surface area contributed by atoms with Gasteiger partial charge in [-0.05, 0) is 48.2 Å². The summed E-state index contributed by atoms with van der Waals surface area (Å²) in [6.07, 6.45) is 5.58. The zero-order valence-electron chi connectivity index (χ0n) is 13.0. The molecule has 3 heteroatoms. The minimum Gasteiger partial charge on any atom is -0.481 e. The van der Waals surface area contributed by atoms with E-state index >= 15 is 0 Å². The lowest BCUT2D eigenvalue weighted by molar-refractivity contribution is 0.398. The number of ether oxygens (including phenoxy) is 1. The minimum atomic E-state index is 0.628. The van der Waals surface area contributed by atoms with Crippen LogP contribution in [0.15, 0.2) is 55.0 Å². The van der Waals surface area contributed by atoms with Crippen molar-refractivity contribution in [3.8, 4) is 28.1 Å². The normalized spacial score (nSPS) is 10.5. The molecule has 0 unspecified atom stereocenters. The number of pyridine rings is 2. The third-order valence-corrected chi connectivity index (χ3v) is 3.83. The molecule has 0 amide bonds. The number of hydrogen-bond donors (Lipinski definition) is 0. The second kappa shape index (κ2) is 5.98. The van der Waals surface area contributed by atoms with Gasteiger partial charge in [-0.2, -0.15) is 0 Å². The Labute approximate surface area is 130 Å². The van der Waals surface area contributed by atoms with E-state index in [-0.39, 0.29) is 0 Å². The second-order valence-electron chi connectivity index (χ2n) is 5.31. The number of aryl methyl sites for hydroxylation is 2. The van der Waals surface area contributed by atoms with Crippen LogP contribution in [0.5, 0.6) is 5.88 Å². The van der Waals surface area contributed by atoms with Gasteiger partial charge >= 0.3 is 0 Å². The fraction of sp³-hybridized carbons (Fsp3) is 0.158. The smallest absolute Gasteiger partial charge is 0.212 e. The first-order valence-electron chi connectivity index (χ1n) is 7.21. The predicted octanol–water partition coefficient (Wildman–Crippen LogP) is 4.44. The quantitative estimate of drug-likeness (QED) is 0.715. The van der Waals surface area contributed by atoms with E-state index in [1.807, 2.05) is 36.8 Å². The van der Waals surface area contributed by atoms with Crippen LogP contribution in [0.25, 0.3) is 22.3 Å². The summed E-state index contributed by atoms with van der Waals surface area (Å²) in [5.74, 6) is 0.628. The van der Waals surface area contributed by atoms with Crippen molar-refractivity contribution in [3.63, 3.8) is 0 Å². The Morgan fingerprint density at radius 3 is 2.27 bits per heavy atom. The van der Waals surface area contributed by atoms with Crippen molar-refractivity contribution in [2.45, 2.75) is 13.8 Å². The molecule has 0 atom stereocenters. The maximum atomic E-state index is 5.10. The molecule has 0 aliphatic rings. The van der Waals surface area contributed by atoms with Crippen LogP contribution < -0.4 is 4.74 Å². The van der Waals surface area contributed by atoms with Crippen LogP contribution in [0.4, 0.5) is 0 Å². The van der Waals surface area contributed by atoms with E-state index in [0.29, 0.717) is 5.88 Å². The maximum Gasteiger partial charge on any atom is 0.212 e. The van der Waals surface area contributed by atoms with Crippen molar-refractivity contribution < 1.29 is 4.74 Å². The number of aromatic nitrogens is 2. The van der Waals surface area contributed by atoms with Crippen molar-refractivity contribution in [3.05, 3.63) is 66.1 Å². The van der Waals surface area contributed by atoms with Crippen LogP contribution in [0.2, 0.25) is 0 Å². The summed E-state index contributed by atoms with van der Waals surface area (Å²) in [5, 5.41) is 0. The van der Waals surface area contributed by atoms with Crippen molar-refractivity contribution >= 4 is 0 Å². The highest BCUT2D eigenvalue weighted by Gasteiger charge is 2.07. The second-order valence-corrected chi connectivity index (χ2v) is 5.31. The van der Waals surface area contributed by atoms with E-state index < -0.39 is 0 Å². The monoisotopic (exact) mass is 290 g/mol. The third kappa shape index (κ3) is 2.70. The van der Waals surface area contributed by atoms with Crippen LogP contribution in [0, 0.1) is 13.8 Å². The fourth-order valence-electron chi connectivity index (χ4n) is 2.56. The highest BCUT2D eigenvalue weighted by atomic mass is 16.5. The zero-order valence-corrected chi connectivity index (χ0v) is 13.0. The number of hydrogen-bond acceptors (Lipinski definition) is 3. The van der Waals surface area contributed by atoms with Crippen LogP contribution in [-0.4, -0.2) is 17.1 Å². The molecule has 0 aliphatic heterocycles. The molecule has 1 aromatic carbocycles. The predicted molar refractivity (Wildman–Crippen MR) is 88.9 cm³/mol. The van der Waals surface area contributed by atoms with E-state index in [9.17, 15) is 0 Å². The van der Waals surface area contributed by atoms with Gasteiger partial charge in [0.2, 0.25) is 5.88 Å². The molecule has 22 heavy (non-hydrogen) atoms. The standard InChI is InChI=1S/C19H18N2O/c1-13-8-9-20-12-18(13)17-6-4-15(10-14(17)2)16-5-7-19(22-3)21-11-16/h4-12H,1-3H3. The molecule has 0 aliphatic carbocycles. The van der Waals surface area contributed by atoms with Crippen molar-refractivity contribution in [1.82, 2.24) is 9.97 Å². The topological polar surface area (TPSA) is 35.0 Å². The molecule has 0 fully saturated rings. The zero-order chi connectivity index (χ0) is 15.5. The van der Waals surface area contributed by atoms with Crippen LogP contribution in [0.3, 0.4) is 0 Å². The number of nitrogens with zero attached hydrogens (tertiary/aromatic N) is 2. The molecular formula is C19H18N2O. The van der Waals surface area contributed by atoms with Gasteiger partial charge < -0.3 is 4.74 Å². The number of benzene rings is 1. The van der Waals surface area contributed by atoms with Gasteiger partial charge in [0.25, 0.3) is 0 Å². The maximum absolute atomic E-state index is 5.10. The first kappa shape index (κ1) is 14.3. The summed E-state index contributed by atoms with van der Waals surface area (Å²) in [6.45, 7) is 4.24. The van der Waals surface area contributed by atoms with Gasteiger partial charge in [0.15, 0.2) is 0 Å². The summed E-state index contributed by atoms with van der Waals surface area (Å²) in [5.41, 5.74) is 7.09. The number of rotatable bonds is 3. The van der Waals surface area contributed by atoms with Gasteiger partial charge in [-0.15, -0.1) is 0 Å². The van der Waals surface area contributed by atoms with Crippen molar-refractivity contribution in [2.24, 2.45) is 0 Å². The summed E-state index contributed by atoms with van der Waals surface area (Å²) in [7, 11) is 1.62. The summed E-state index contributed by atoms with van der Waals surface area (Å²) < 4.78 is 5.10. The van der Waals surface area contributed by atoms with Crippen LogP contribution in [-0.2, 0) is 0 Å². The molecule has 0 saturated heterocycles. The largest absolute Gasteiger partial charge is 0.481 e. The van der Waals surface area contributed by atoms with E-state index in [4.69, 9.17) is 4.74 Å². The van der Waals surface area contributed by atoms with Gasteiger partial charge in [-0.3, -0.25) is 4.98 Å². The summed E-state index contributed by atoms with van der Waals surface area (Å²) >= 11 is 0. The van der Waals surface area contributed by atoms with E-state index in [2.05, 4.69) is 42.0 Å². The Kier molecular flexibility index (Phi) is 3.88. The third-order valence-electron chi connectivity index (χ3n) is 3.83. The first-order valence-corrected chi connectivity index (χ1v) is 7.21. The highest BCUT2D eigenvalue weighted by molar-refractivity contribution is 5.74. The molecule has 3 aromatic rings. The molecule has 0 bridgehead atoms. The highest BCUT2D eigenvalue weighted by Crippen LogP contribution is 2.30. The Balaban J connectivity index is 2.00. The molecule has 2 aromatic heterocycles. The average molecular weight is 290 g/mol. The van der Waals surface area contributed by atoms with Crippen molar-refractivity contribution in [1.29, 1.82) is 0 Å². The molecule has 110 valence electrons. The van der Waals surface area contributed by atoms with E-state index in [1.165, 1.54) is 22.3 Å². The van der Waals surface area contributed by atoms with Crippen LogP contribution in [0.1, 0.15) is 11.1 Å². The average Bonchev–Trinajstić information content (AvgIpc) is 2.56. The van der Waals surface area contributed by atoms with E-state index in [0.717, 1.165) is 11.1 Å². The lowest BCUT2D eigenvalue weighted by Gasteiger charge is -2.11.